The molecule has 4 nitrogen and oxygen atoms in total. The van der Waals surface area contributed by atoms with Gasteiger partial charge < -0.3 is 4.90 Å². The minimum atomic E-state index is -3.14. The molecule has 0 unspecified atom stereocenters. The maximum absolute atomic E-state index is 14.5. The zero-order chi connectivity index (χ0) is 20.2. The maximum atomic E-state index is 14.5. The van der Waals surface area contributed by atoms with E-state index in [1.54, 1.807) is 0 Å². The number of carbonyl (C=O) groups excluding carboxylic acids is 1. The van der Waals surface area contributed by atoms with Crippen LogP contribution in [0.25, 0.3) is 0 Å². The van der Waals surface area contributed by atoms with Gasteiger partial charge in [-0.1, -0.05) is 6.07 Å². The zero-order valence-electron chi connectivity index (χ0n) is 15.1. The largest absolute Gasteiger partial charge is 0.331 e. The Balaban J connectivity index is 1.73. The Labute approximate surface area is 157 Å². The summed E-state index contributed by atoms with van der Waals surface area (Å²) < 4.78 is 69.8. The van der Waals surface area contributed by atoms with Crippen LogP contribution >= 0.6 is 0 Å². The SMILES string of the molecule is Cn1nc(C(F)F)c(C(=O)N(Cc2c(C3CC3)ccc(F)c2F)C2CC2)c1F. The molecule has 0 N–H and O–H groups in total. The molecule has 150 valence electrons. The number of nitrogens with zero attached hydrogens (tertiary/aromatic N) is 3. The third-order valence-electron chi connectivity index (χ3n) is 5.25. The van der Waals surface area contributed by atoms with Gasteiger partial charge in [0.15, 0.2) is 11.6 Å². The third kappa shape index (κ3) is 3.27. The fraction of sp³-hybridized carbons (Fsp3) is 0.474. The van der Waals surface area contributed by atoms with E-state index in [0.29, 0.717) is 23.1 Å². The Morgan fingerprint density at radius 2 is 1.89 bits per heavy atom. The van der Waals surface area contributed by atoms with Crippen molar-refractivity contribution in [3.8, 4) is 0 Å². The normalized spacial score (nSPS) is 16.7. The minimum absolute atomic E-state index is 0.0330. The fourth-order valence-corrected chi connectivity index (χ4v) is 3.49. The number of halogens is 5. The van der Waals surface area contributed by atoms with Gasteiger partial charge in [-0.25, -0.2) is 22.2 Å². The lowest BCUT2D eigenvalue weighted by atomic mass is 10.0. The molecule has 2 fully saturated rings. The predicted molar refractivity (Wildman–Crippen MR) is 89.4 cm³/mol. The summed E-state index contributed by atoms with van der Waals surface area (Å²) in [6.07, 6.45) is -0.283. The maximum Gasteiger partial charge on any atom is 0.283 e. The lowest BCUT2D eigenvalue weighted by Crippen LogP contribution is -2.34. The number of aryl methyl sites for hydroxylation is 1. The van der Waals surface area contributed by atoms with Crippen molar-refractivity contribution in [1.82, 2.24) is 14.7 Å². The molecule has 9 heteroatoms. The summed E-state index contributed by atoms with van der Waals surface area (Å²) in [6.45, 7) is -0.296. The van der Waals surface area contributed by atoms with Gasteiger partial charge in [0.05, 0.1) is 0 Å². The summed E-state index contributed by atoms with van der Waals surface area (Å²) in [6, 6.07) is 2.22. The quantitative estimate of drug-likeness (QED) is 0.673. The van der Waals surface area contributed by atoms with Crippen LogP contribution in [0.15, 0.2) is 12.1 Å². The van der Waals surface area contributed by atoms with E-state index in [4.69, 9.17) is 0 Å². The number of carbonyl (C=O) groups is 1. The molecule has 1 amide bonds. The highest BCUT2D eigenvalue weighted by Crippen LogP contribution is 2.43. The van der Waals surface area contributed by atoms with Crippen molar-refractivity contribution in [1.29, 1.82) is 0 Å². The molecule has 2 aliphatic carbocycles. The molecule has 0 saturated heterocycles. The van der Waals surface area contributed by atoms with Crippen LogP contribution in [0.2, 0.25) is 0 Å². The zero-order valence-corrected chi connectivity index (χ0v) is 15.1. The molecule has 1 aromatic carbocycles. The number of aromatic nitrogens is 2. The van der Waals surface area contributed by atoms with E-state index in [1.165, 1.54) is 6.07 Å². The molecular formula is C19H18F5N3O. The Morgan fingerprint density at radius 3 is 2.46 bits per heavy atom. The van der Waals surface area contributed by atoms with Crippen molar-refractivity contribution in [2.24, 2.45) is 7.05 Å². The van der Waals surface area contributed by atoms with Gasteiger partial charge in [0, 0.05) is 25.2 Å². The van der Waals surface area contributed by atoms with Gasteiger partial charge >= 0.3 is 0 Å². The molecule has 2 aliphatic rings. The first-order valence-corrected chi connectivity index (χ1v) is 9.07. The van der Waals surface area contributed by atoms with Crippen molar-refractivity contribution < 1.29 is 26.7 Å². The van der Waals surface area contributed by atoms with Crippen LogP contribution < -0.4 is 0 Å². The minimum Gasteiger partial charge on any atom is -0.331 e. The van der Waals surface area contributed by atoms with Gasteiger partial charge in [-0.15, -0.1) is 0 Å². The summed E-state index contributed by atoms with van der Waals surface area (Å²) in [4.78, 5) is 14.1. The monoisotopic (exact) mass is 399 g/mol. The summed E-state index contributed by atoms with van der Waals surface area (Å²) in [5.41, 5.74) is -1.12. The lowest BCUT2D eigenvalue weighted by molar-refractivity contribution is 0.0709. The topological polar surface area (TPSA) is 38.1 Å². The number of hydrogen-bond donors (Lipinski definition) is 0. The van der Waals surface area contributed by atoms with Gasteiger partial charge in [-0.05, 0) is 43.2 Å². The standard InChI is InChI=1S/C19H18F5N3O/c1-26-18(24)14(16(25-26)17(22)23)19(28)27(10-4-5-10)8-12-11(9-2-3-9)6-7-13(20)15(12)21/h6-7,9-10,17H,2-5,8H2,1H3. The number of amides is 1. The predicted octanol–water partition coefficient (Wildman–Crippen LogP) is 4.46. The molecule has 2 saturated carbocycles. The fourth-order valence-electron chi connectivity index (χ4n) is 3.49. The molecule has 0 spiro atoms. The van der Waals surface area contributed by atoms with Crippen LogP contribution in [0.5, 0.6) is 0 Å². The molecule has 2 aromatic rings. The van der Waals surface area contributed by atoms with Crippen molar-refractivity contribution in [3.63, 3.8) is 0 Å². The van der Waals surface area contributed by atoms with E-state index >= 15 is 0 Å². The van der Waals surface area contributed by atoms with Crippen LogP contribution in [-0.4, -0.2) is 26.6 Å². The molecule has 0 aliphatic heterocycles. The Hall–Kier alpha value is -2.45. The van der Waals surface area contributed by atoms with E-state index in [0.717, 1.165) is 30.9 Å². The van der Waals surface area contributed by atoms with Crippen molar-refractivity contribution >= 4 is 5.91 Å². The molecular weight excluding hydrogens is 381 g/mol. The number of benzene rings is 1. The molecule has 28 heavy (non-hydrogen) atoms. The molecule has 1 aromatic heterocycles. The average Bonchev–Trinajstić information content (AvgIpc) is 3.55. The average molecular weight is 399 g/mol. The van der Waals surface area contributed by atoms with Crippen molar-refractivity contribution in [3.05, 3.63) is 52.1 Å². The van der Waals surface area contributed by atoms with Crippen LogP contribution in [0, 0.1) is 17.6 Å². The molecule has 0 bridgehead atoms. The Morgan fingerprint density at radius 1 is 1.21 bits per heavy atom. The lowest BCUT2D eigenvalue weighted by Gasteiger charge is -2.24. The highest BCUT2D eigenvalue weighted by atomic mass is 19.3. The number of rotatable bonds is 6. The summed E-state index contributed by atoms with van der Waals surface area (Å²) in [5, 5.41) is 3.40. The van der Waals surface area contributed by atoms with E-state index in [1.807, 2.05) is 0 Å². The van der Waals surface area contributed by atoms with Crippen LogP contribution in [-0.2, 0) is 13.6 Å². The summed E-state index contributed by atoms with van der Waals surface area (Å²) >= 11 is 0. The number of hydrogen-bond acceptors (Lipinski definition) is 2. The highest BCUT2D eigenvalue weighted by Gasteiger charge is 2.39. The molecule has 1 heterocycles. The Kier molecular flexibility index (Phi) is 4.63. The number of alkyl halides is 2. The van der Waals surface area contributed by atoms with E-state index in [-0.39, 0.29) is 24.1 Å². The molecule has 4 rings (SSSR count). The first-order valence-electron chi connectivity index (χ1n) is 9.07. The van der Waals surface area contributed by atoms with E-state index in [9.17, 15) is 26.7 Å². The van der Waals surface area contributed by atoms with Gasteiger partial charge in [-0.2, -0.15) is 9.49 Å². The van der Waals surface area contributed by atoms with Crippen LogP contribution in [0.1, 0.15) is 65.2 Å². The first-order chi connectivity index (χ1) is 13.3. The summed E-state index contributed by atoms with van der Waals surface area (Å²) in [7, 11) is 1.12. The second-order valence-corrected chi connectivity index (χ2v) is 7.34. The second-order valence-electron chi connectivity index (χ2n) is 7.34. The Bertz CT molecular complexity index is 934. The van der Waals surface area contributed by atoms with E-state index in [2.05, 4.69) is 5.10 Å². The van der Waals surface area contributed by atoms with Gasteiger partial charge in [0.1, 0.15) is 11.3 Å². The first kappa shape index (κ1) is 18.9. The van der Waals surface area contributed by atoms with Crippen molar-refractivity contribution in [2.75, 3.05) is 0 Å². The molecule has 0 atom stereocenters. The van der Waals surface area contributed by atoms with Crippen molar-refractivity contribution in [2.45, 2.75) is 50.6 Å². The van der Waals surface area contributed by atoms with Gasteiger partial charge in [-0.3, -0.25) is 4.79 Å². The van der Waals surface area contributed by atoms with Gasteiger partial charge in [0.25, 0.3) is 12.3 Å². The summed E-state index contributed by atoms with van der Waals surface area (Å²) in [5.74, 6) is -4.15. The molecule has 0 radical (unpaired) electrons. The highest BCUT2D eigenvalue weighted by molar-refractivity contribution is 5.96. The van der Waals surface area contributed by atoms with E-state index < -0.39 is 41.2 Å². The second kappa shape index (κ2) is 6.86. The van der Waals surface area contributed by atoms with Crippen LogP contribution in [0.4, 0.5) is 22.0 Å². The smallest absolute Gasteiger partial charge is 0.283 e. The van der Waals surface area contributed by atoms with Crippen LogP contribution in [0.3, 0.4) is 0 Å². The van der Waals surface area contributed by atoms with Gasteiger partial charge in [0.2, 0.25) is 5.95 Å². The third-order valence-corrected chi connectivity index (χ3v) is 5.25.